The number of amides is 1. The van der Waals surface area contributed by atoms with Crippen molar-refractivity contribution in [2.75, 3.05) is 5.32 Å². The molecule has 1 unspecified atom stereocenters. The highest BCUT2D eigenvalue weighted by atomic mass is 32.2. The maximum Gasteiger partial charge on any atom is 0.412 e. The number of carbonyl (C=O) groups excluding carboxylic acids is 1. The number of nitrogens with zero attached hydrogens (tertiary/aromatic N) is 2. The first-order chi connectivity index (χ1) is 16.9. The molecule has 1 aromatic carbocycles. The lowest BCUT2D eigenvalue weighted by Crippen LogP contribution is -2.17. The van der Waals surface area contributed by atoms with Crippen LogP contribution in [0.1, 0.15) is 51.8 Å². The number of rotatable bonds is 5. The highest BCUT2D eigenvalue weighted by Gasteiger charge is 2.53. The van der Waals surface area contributed by atoms with E-state index in [2.05, 4.69) is 21.5 Å². The number of carboxylic acid groups (broad SMARTS) is 1. The maximum absolute atomic E-state index is 12.5. The summed E-state index contributed by atoms with van der Waals surface area (Å²) in [4.78, 5) is 26.0. The van der Waals surface area contributed by atoms with Gasteiger partial charge in [-0.1, -0.05) is 30.3 Å². The largest absolute Gasteiger partial charge is 0.481 e. The molecule has 0 spiro atoms. The van der Waals surface area contributed by atoms with Gasteiger partial charge in [-0.25, -0.2) is 4.79 Å². The summed E-state index contributed by atoms with van der Waals surface area (Å²) < 4.78 is 10.7. The highest BCUT2D eigenvalue weighted by Crippen LogP contribution is 2.52. The van der Waals surface area contributed by atoms with Gasteiger partial charge in [0.15, 0.2) is 5.69 Å². The second-order valence-corrected chi connectivity index (χ2v) is 11.2. The minimum atomic E-state index is -0.764. The van der Waals surface area contributed by atoms with Gasteiger partial charge in [-0.2, -0.15) is 9.64 Å². The summed E-state index contributed by atoms with van der Waals surface area (Å²) in [6.45, 7) is 1.77. The molecule has 35 heavy (non-hydrogen) atoms. The first-order valence-electron chi connectivity index (χ1n) is 10.6. The Balaban J connectivity index is 1.33. The Morgan fingerprint density at radius 1 is 1.20 bits per heavy atom. The van der Waals surface area contributed by atoms with Gasteiger partial charge < -0.3 is 9.84 Å². The molecule has 5 rings (SSSR count). The molecule has 1 amide bonds. The van der Waals surface area contributed by atoms with Crippen LogP contribution in [0.3, 0.4) is 0 Å². The van der Waals surface area contributed by atoms with E-state index in [9.17, 15) is 20.0 Å². The number of aromatic nitrogens is 1. The molecule has 1 aliphatic carbocycles. The second-order valence-electron chi connectivity index (χ2n) is 8.03. The molecule has 0 radical (unpaired) electrons. The fourth-order valence-electron chi connectivity index (χ4n) is 3.60. The summed E-state index contributed by atoms with van der Waals surface area (Å²) >= 11 is 3.94. The first-order valence-corrected chi connectivity index (χ1v) is 13.0. The minimum Gasteiger partial charge on any atom is -0.481 e. The van der Waals surface area contributed by atoms with Gasteiger partial charge in [0.2, 0.25) is 0 Å². The number of fused-ring (bicyclic) bond motifs is 1. The van der Waals surface area contributed by atoms with E-state index in [4.69, 9.17) is 4.74 Å². The molecule has 0 aliphatic heterocycles. The third-order valence-corrected chi connectivity index (χ3v) is 8.99. The molecular weight excluding hydrogens is 502 g/mol. The number of benzene rings is 1. The summed E-state index contributed by atoms with van der Waals surface area (Å²) in [5, 5.41) is 22.6. The molecule has 1 saturated carbocycles. The number of thiophene rings is 2. The fourth-order valence-corrected chi connectivity index (χ4v) is 6.74. The van der Waals surface area contributed by atoms with E-state index in [1.54, 1.807) is 6.92 Å². The molecule has 2 N–H and O–H groups in total. The molecule has 1 fully saturated rings. The van der Waals surface area contributed by atoms with E-state index in [-0.39, 0.29) is 16.3 Å². The van der Waals surface area contributed by atoms with Crippen molar-refractivity contribution < 1.29 is 19.4 Å². The van der Waals surface area contributed by atoms with E-state index in [0.717, 1.165) is 36.3 Å². The van der Waals surface area contributed by atoms with Crippen molar-refractivity contribution in [3.8, 4) is 17.9 Å². The van der Waals surface area contributed by atoms with Crippen LogP contribution in [0.25, 0.3) is 9.40 Å². The smallest absolute Gasteiger partial charge is 0.412 e. The van der Waals surface area contributed by atoms with Gasteiger partial charge >= 0.3 is 12.1 Å². The van der Waals surface area contributed by atoms with Gasteiger partial charge in [0, 0.05) is 10.3 Å². The number of carbonyl (C=O) groups is 2. The van der Waals surface area contributed by atoms with Crippen LogP contribution in [-0.2, 0) is 14.9 Å². The molecule has 0 saturated heterocycles. The molecular formula is C25H17N3O4S3. The Kier molecular flexibility index (Phi) is 6.03. The summed E-state index contributed by atoms with van der Waals surface area (Å²) in [6.07, 6.45) is 0.187. The van der Waals surface area contributed by atoms with Crippen LogP contribution in [0, 0.1) is 23.2 Å². The van der Waals surface area contributed by atoms with Gasteiger partial charge in [0.25, 0.3) is 0 Å². The number of aliphatic carboxylic acids is 1. The molecule has 7 nitrogen and oxygen atoms in total. The van der Waals surface area contributed by atoms with Crippen molar-refractivity contribution in [2.24, 2.45) is 0 Å². The monoisotopic (exact) mass is 519 g/mol. The molecule has 3 heterocycles. The summed E-state index contributed by atoms with van der Waals surface area (Å²) in [7, 11) is 0. The fraction of sp³-hybridized carbons (Fsp3) is 0.200. The Labute approximate surface area is 212 Å². The molecule has 1 atom stereocenters. The normalized spacial score (nSPS) is 14.4. The van der Waals surface area contributed by atoms with Crippen molar-refractivity contribution in [2.45, 2.75) is 31.3 Å². The zero-order valence-corrected chi connectivity index (χ0v) is 20.8. The van der Waals surface area contributed by atoms with Crippen LogP contribution >= 0.6 is 34.2 Å². The summed E-state index contributed by atoms with van der Waals surface area (Å²) in [6, 6.07) is 15.2. The SMILES string of the molecule is CC(OC(=O)Nc1c(C#Cc2cc3cc(C4(C(=O)O)CC4)sc3s2)nsc1C#N)c1ccccc1. The first kappa shape index (κ1) is 23.1. The van der Waals surface area contributed by atoms with Crippen molar-refractivity contribution in [3.63, 3.8) is 0 Å². The van der Waals surface area contributed by atoms with Gasteiger partial charge in [-0.3, -0.25) is 10.1 Å². The maximum atomic E-state index is 12.5. The van der Waals surface area contributed by atoms with Crippen LogP contribution in [0.15, 0.2) is 42.5 Å². The predicted octanol–water partition coefficient (Wildman–Crippen LogP) is 6.12. The van der Waals surface area contributed by atoms with E-state index < -0.39 is 23.6 Å². The third-order valence-electron chi connectivity index (χ3n) is 5.72. The number of hydrogen-bond acceptors (Lipinski definition) is 8. The molecule has 174 valence electrons. The van der Waals surface area contributed by atoms with E-state index in [0.29, 0.717) is 12.8 Å². The Bertz CT molecular complexity index is 1510. The predicted molar refractivity (Wildman–Crippen MR) is 136 cm³/mol. The summed E-state index contributed by atoms with van der Waals surface area (Å²) in [5.74, 6) is 5.24. The highest BCUT2D eigenvalue weighted by molar-refractivity contribution is 7.38. The Hall–Kier alpha value is -3.70. The van der Waals surface area contributed by atoms with Crippen LogP contribution in [-0.4, -0.2) is 21.5 Å². The zero-order chi connectivity index (χ0) is 24.6. The number of anilines is 1. The summed E-state index contributed by atoms with van der Waals surface area (Å²) in [5.41, 5.74) is 0.657. The lowest BCUT2D eigenvalue weighted by Gasteiger charge is -2.13. The van der Waals surface area contributed by atoms with Crippen molar-refractivity contribution in [1.29, 1.82) is 5.26 Å². The molecule has 0 bridgehead atoms. The van der Waals surface area contributed by atoms with Gasteiger partial charge in [0.05, 0.1) is 8.89 Å². The van der Waals surface area contributed by atoms with Crippen molar-refractivity contribution in [3.05, 3.63) is 68.4 Å². The van der Waals surface area contributed by atoms with Crippen LogP contribution in [0.2, 0.25) is 0 Å². The lowest BCUT2D eigenvalue weighted by atomic mass is 10.1. The van der Waals surface area contributed by atoms with Crippen molar-refractivity contribution in [1.82, 2.24) is 4.37 Å². The minimum absolute atomic E-state index is 0.230. The molecule has 10 heteroatoms. The van der Waals surface area contributed by atoms with E-state index >= 15 is 0 Å². The van der Waals surface area contributed by atoms with E-state index in [1.807, 2.05) is 48.5 Å². The molecule has 3 aromatic heterocycles. The van der Waals surface area contributed by atoms with Crippen LogP contribution in [0.4, 0.5) is 10.5 Å². The van der Waals surface area contributed by atoms with Crippen molar-refractivity contribution >= 4 is 61.4 Å². The van der Waals surface area contributed by atoms with Gasteiger partial charge in [-0.15, -0.1) is 22.7 Å². The average Bonchev–Trinajstić information content (AvgIpc) is 3.24. The Morgan fingerprint density at radius 2 is 1.97 bits per heavy atom. The number of hydrogen-bond donors (Lipinski definition) is 2. The molecule has 4 aromatic rings. The van der Waals surface area contributed by atoms with Gasteiger partial charge in [-0.05, 0) is 60.8 Å². The molecule has 1 aliphatic rings. The number of nitrogens with one attached hydrogen (secondary N) is 1. The number of nitriles is 1. The average molecular weight is 520 g/mol. The van der Waals surface area contributed by atoms with Crippen LogP contribution in [0.5, 0.6) is 0 Å². The standard InChI is InChI=1S/C25H17N3O4S3/c1-14(15-5-3-2-4-6-15)32-24(31)27-21-18(28-35-19(21)13-26)8-7-17-11-16-12-20(34-22(16)33-17)25(9-10-25)23(29)30/h2-6,11-12,14H,9-10H2,1H3,(H,27,31)(H,29,30). The number of carboxylic acids is 1. The quantitative estimate of drug-likeness (QED) is 0.307. The second kappa shape index (κ2) is 9.16. The Morgan fingerprint density at radius 3 is 2.63 bits per heavy atom. The zero-order valence-electron chi connectivity index (χ0n) is 18.3. The van der Waals surface area contributed by atoms with Gasteiger partial charge in [0.1, 0.15) is 28.2 Å². The third kappa shape index (κ3) is 4.52. The van der Waals surface area contributed by atoms with E-state index in [1.165, 1.54) is 22.7 Å². The number of ether oxygens (including phenoxy) is 1. The topological polar surface area (TPSA) is 112 Å². The lowest BCUT2D eigenvalue weighted by molar-refractivity contribution is -0.139. The van der Waals surface area contributed by atoms with Crippen LogP contribution < -0.4 is 5.32 Å².